The van der Waals surface area contributed by atoms with Crippen molar-refractivity contribution in [2.75, 3.05) is 5.32 Å². The predicted octanol–water partition coefficient (Wildman–Crippen LogP) is 2.02. The Morgan fingerprint density at radius 2 is 2.21 bits per heavy atom. The normalized spacial score (nSPS) is 13.6. The summed E-state index contributed by atoms with van der Waals surface area (Å²) in [5.41, 5.74) is 2.76. The van der Waals surface area contributed by atoms with Gasteiger partial charge in [0.15, 0.2) is 5.89 Å². The Labute approximate surface area is 114 Å². The van der Waals surface area contributed by atoms with Crippen LogP contribution in [0.25, 0.3) is 0 Å². The topological polar surface area (TPSA) is 73.0 Å². The fourth-order valence-electron chi connectivity index (χ4n) is 2.20. The van der Waals surface area contributed by atoms with E-state index in [0.29, 0.717) is 11.6 Å². The first-order valence-corrected chi connectivity index (χ1v) is 7.09. The van der Waals surface area contributed by atoms with Gasteiger partial charge < -0.3 is 9.73 Å². The highest BCUT2D eigenvalue weighted by Gasteiger charge is 2.24. The Morgan fingerprint density at radius 1 is 1.42 bits per heavy atom. The summed E-state index contributed by atoms with van der Waals surface area (Å²) in [5.74, 6) is 3.01. The number of amides is 1. The minimum absolute atomic E-state index is 0.262. The lowest BCUT2D eigenvalue weighted by atomic mass is 10.2. The van der Waals surface area contributed by atoms with Gasteiger partial charge in [0.2, 0.25) is 5.76 Å². The van der Waals surface area contributed by atoms with Gasteiger partial charge in [-0.05, 0) is 6.92 Å². The van der Waals surface area contributed by atoms with Crippen molar-refractivity contribution in [3.63, 3.8) is 0 Å². The van der Waals surface area contributed by atoms with Crippen molar-refractivity contribution in [2.24, 2.45) is 7.05 Å². The summed E-state index contributed by atoms with van der Waals surface area (Å²) >= 11 is 1.80. The maximum atomic E-state index is 12.2. The van der Waals surface area contributed by atoms with Crippen molar-refractivity contribution in [3.8, 4) is 0 Å². The monoisotopic (exact) mass is 278 g/mol. The van der Waals surface area contributed by atoms with E-state index in [1.807, 2.05) is 7.05 Å². The smallest absolute Gasteiger partial charge is 0.294 e. The minimum atomic E-state index is -0.277. The number of nitrogens with zero attached hydrogens (tertiary/aromatic N) is 3. The van der Waals surface area contributed by atoms with Crippen LogP contribution >= 0.6 is 11.8 Å². The van der Waals surface area contributed by atoms with Crippen LogP contribution in [0.15, 0.2) is 4.42 Å². The SMILES string of the molecule is Cc1nc(C)c(C(=O)Nc2c3c(nn2C)CSC3)o1. The fourth-order valence-corrected chi connectivity index (χ4v) is 3.24. The first kappa shape index (κ1) is 12.3. The van der Waals surface area contributed by atoms with E-state index in [1.54, 1.807) is 30.3 Å². The molecular formula is C12H14N4O2S. The van der Waals surface area contributed by atoms with Gasteiger partial charge in [0.1, 0.15) is 5.82 Å². The van der Waals surface area contributed by atoms with E-state index < -0.39 is 0 Å². The molecule has 0 radical (unpaired) electrons. The molecule has 6 nitrogen and oxygen atoms in total. The number of fused-ring (bicyclic) bond motifs is 1. The molecule has 3 heterocycles. The molecule has 1 aliphatic rings. The second kappa shape index (κ2) is 4.41. The second-order valence-electron chi connectivity index (χ2n) is 4.49. The van der Waals surface area contributed by atoms with Gasteiger partial charge in [-0.25, -0.2) is 4.98 Å². The first-order chi connectivity index (χ1) is 9.06. The number of anilines is 1. The van der Waals surface area contributed by atoms with Gasteiger partial charge in [-0.15, -0.1) is 0 Å². The number of nitrogens with one attached hydrogen (secondary N) is 1. The average Bonchev–Trinajstić information content (AvgIpc) is 2.98. The van der Waals surface area contributed by atoms with Gasteiger partial charge in [-0.1, -0.05) is 0 Å². The third-order valence-corrected chi connectivity index (χ3v) is 4.03. The van der Waals surface area contributed by atoms with Crippen LogP contribution in [0.4, 0.5) is 5.82 Å². The molecule has 1 amide bonds. The molecule has 0 saturated carbocycles. The van der Waals surface area contributed by atoms with E-state index in [4.69, 9.17) is 4.42 Å². The summed E-state index contributed by atoms with van der Waals surface area (Å²) in [4.78, 5) is 16.3. The summed E-state index contributed by atoms with van der Waals surface area (Å²) in [5, 5.41) is 7.28. The van der Waals surface area contributed by atoms with Gasteiger partial charge in [-0.3, -0.25) is 9.48 Å². The third-order valence-electron chi connectivity index (χ3n) is 3.06. The van der Waals surface area contributed by atoms with Crippen LogP contribution in [-0.4, -0.2) is 20.7 Å². The standard InChI is InChI=1S/C12H14N4O2S/c1-6-10(18-7(2)13-6)12(17)14-11-8-4-19-5-9(8)15-16(11)3/h4-5H2,1-3H3,(H,14,17). The number of thioether (sulfide) groups is 1. The van der Waals surface area contributed by atoms with Gasteiger partial charge in [0, 0.05) is 31.0 Å². The highest BCUT2D eigenvalue weighted by Crippen LogP contribution is 2.34. The molecule has 2 aromatic rings. The zero-order valence-electron chi connectivity index (χ0n) is 11.0. The fraction of sp³-hybridized carbons (Fsp3) is 0.417. The lowest BCUT2D eigenvalue weighted by molar-refractivity contribution is 0.0993. The number of aryl methyl sites for hydroxylation is 3. The average molecular weight is 278 g/mol. The van der Waals surface area contributed by atoms with Crippen LogP contribution in [0.5, 0.6) is 0 Å². The van der Waals surface area contributed by atoms with Crippen molar-refractivity contribution in [2.45, 2.75) is 25.4 Å². The van der Waals surface area contributed by atoms with Crippen LogP contribution in [0.3, 0.4) is 0 Å². The Morgan fingerprint density at radius 3 is 2.89 bits per heavy atom. The number of rotatable bonds is 2. The third kappa shape index (κ3) is 2.03. The van der Waals surface area contributed by atoms with E-state index in [-0.39, 0.29) is 11.7 Å². The molecular weight excluding hydrogens is 264 g/mol. The number of carbonyl (C=O) groups excluding carboxylic acids is 1. The molecule has 0 unspecified atom stereocenters. The molecule has 1 aliphatic heterocycles. The molecule has 19 heavy (non-hydrogen) atoms. The molecule has 0 spiro atoms. The summed E-state index contributed by atoms with van der Waals surface area (Å²) < 4.78 is 7.04. The zero-order valence-corrected chi connectivity index (χ0v) is 11.8. The number of oxazole rings is 1. The van der Waals surface area contributed by atoms with E-state index in [1.165, 1.54) is 0 Å². The van der Waals surface area contributed by atoms with Crippen molar-refractivity contribution < 1.29 is 9.21 Å². The Balaban J connectivity index is 1.90. The lowest BCUT2D eigenvalue weighted by Crippen LogP contribution is -2.16. The maximum Gasteiger partial charge on any atom is 0.294 e. The molecule has 0 aliphatic carbocycles. The number of aromatic nitrogens is 3. The summed E-state index contributed by atoms with van der Waals surface area (Å²) in [6, 6.07) is 0. The van der Waals surface area contributed by atoms with Crippen molar-refractivity contribution in [1.29, 1.82) is 0 Å². The summed E-state index contributed by atoms with van der Waals surface area (Å²) in [6.45, 7) is 3.48. The lowest BCUT2D eigenvalue weighted by Gasteiger charge is -2.06. The number of hydrogen-bond acceptors (Lipinski definition) is 5. The molecule has 1 N–H and O–H groups in total. The molecule has 7 heteroatoms. The highest BCUT2D eigenvalue weighted by molar-refractivity contribution is 7.98. The predicted molar refractivity (Wildman–Crippen MR) is 72.1 cm³/mol. The van der Waals surface area contributed by atoms with Crippen LogP contribution in [0.1, 0.15) is 33.4 Å². The van der Waals surface area contributed by atoms with Gasteiger partial charge >= 0.3 is 0 Å². The van der Waals surface area contributed by atoms with Crippen molar-refractivity contribution >= 4 is 23.5 Å². The quantitative estimate of drug-likeness (QED) is 0.910. The largest absolute Gasteiger partial charge is 0.436 e. The first-order valence-electron chi connectivity index (χ1n) is 5.94. The van der Waals surface area contributed by atoms with Crippen LogP contribution in [0, 0.1) is 13.8 Å². The molecule has 0 bridgehead atoms. The van der Waals surface area contributed by atoms with Crippen LogP contribution < -0.4 is 5.32 Å². The Bertz CT molecular complexity index is 659. The van der Waals surface area contributed by atoms with Crippen molar-refractivity contribution in [1.82, 2.24) is 14.8 Å². The van der Waals surface area contributed by atoms with Gasteiger partial charge in [-0.2, -0.15) is 16.9 Å². The number of carbonyl (C=O) groups is 1. The second-order valence-corrected chi connectivity index (χ2v) is 5.48. The molecule has 3 rings (SSSR count). The molecule has 0 fully saturated rings. The van der Waals surface area contributed by atoms with Gasteiger partial charge in [0.25, 0.3) is 5.91 Å². The Kier molecular flexibility index (Phi) is 2.85. The van der Waals surface area contributed by atoms with E-state index in [9.17, 15) is 4.79 Å². The van der Waals surface area contributed by atoms with E-state index in [2.05, 4.69) is 15.4 Å². The van der Waals surface area contributed by atoms with Gasteiger partial charge in [0.05, 0.1) is 11.4 Å². The summed E-state index contributed by atoms with van der Waals surface area (Å²) in [7, 11) is 1.83. The Hall–Kier alpha value is -1.76. The van der Waals surface area contributed by atoms with E-state index >= 15 is 0 Å². The molecule has 0 aromatic carbocycles. The van der Waals surface area contributed by atoms with E-state index in [0.717, 1.165) is 28.6 Å². The summed E-state index contributed by atoms with van der Waals surface area (Å²) in [6.07, 6.45) is 0. The molecule has 2 aromatic heterocycles. The zero-order chi connectivity index (χ0) is 13.6. The molecule has 0 saturated heterocycles. The molecule has 0 atom stereocenters. The highest BCUT2D eigenvalue weighted by atomic mass is 32.2. The van der Waals surface area contributed by atoms with Crippen molar-refractivity contribution in [3.05, 3.63) is 28.6 Å². The maximum absolute atomic E-state index is 12.2. The minimum Gasteiger partial charge on any atom is -0.436 e. The number of hydrogen-bond donors (Lipinski definition) is 1. The van der Waals surface area contributed by atoms with Crippen LogP contribution in [-0.2, 0) is 18.6 Å². The van der Waals surface area contributed by atoms with Crippen LogP contribution in [0.2, 0.25) is 0 Å². The molecule has 100 valence electrons.